The van der Waals surface area contributed by atoms with Crippen molar-refractivity contribution in [1.82, 2.24) is 14.9 Å². The largest absolute Gasteiger partial charge is 0.265 e. The second-order valence-electron chi connectivity index (χ2n) is 4.66. The van der Waals surface area contributed by atoms with Gasteiger partial charge in [0.15, 0.2) is 0 Å². The third kappa shape index (κ3) is 3.98. The zero-order valence-corrected chi connectivity index (χ0v) is 13.9. The van der Waals surface area contributed by atoms with Crippen molar-refractivity contribution in [2.75, 3.05) is 5.43 Å². The molecule has 1 N–H and O–H groups in total. The fourth-order valence-corrected chi connectivity index (χ4v) is 2.20. The molecule has 0 radical (unpaired) electrons. The van der Waals surface area contributed by atoms with Crippen LogP contribution in [0.5, 0.6) is 0 Å². The van der Waals surface area contributed by atoms with E-state index in [9.17, 15) is 0 Å². The van der Waals surface area contributed by atoms with Gasteiger partial charge in [-0.2, -0.15) is 14.9 Å². The number of anilines is 1. The highest BCUT2D eigenvalue weighted by Crippen LogP contribution is 2.14. The smallest absolute Gasteiger partial charge is 0.244 e. The van der Waals surface area contributed by atoms with E-state index in [-0.39, 0.29) is 0 Å². The third-order valence-corrected chi connectivity index (χ3v) is 3.72. The Morgan fingerprint density at radius 3 is 2.21 bits per heavy atom. The highest BCUT2D eigenvalue weighted by Gasteiger charge is 2.01. The van der Waals surface area contributed by atoms with Crippen molar-refractivity contribution in [2.45, 2.75) is 0 Å². The molecule has 0 aliphatic rings. The van der Waals surface area contributed by atoms with E-state index >= 15 is 0 Å². The van der Waals surface area contributed by atoms with Crippen molar-refractivity contribution in [2.24, 2.45) is 10.2 Å². The van der Waals surface area contributed by atoms with Gasteiger partial charge < -0.3 is 0 Å². The molecule has 0 fully saturated rings. The highest BCUT2D eigenvalue weighted by atomic mass is 35.5. The Morgan fingerprint density at radius 2 is 1.54 bits per heavy atom. The van der Waals surface area contributed by atoms with E-state index in [4.69, 9.17) is 23.2 Å². The Bertz CT molecular complexity index is 888. The van der Waals surface area contributed by atoms with Crippen molar-refractivity contribution in [1.29, 1.82) is 0 Å². The molecule has 3 rings (SSSR count). The van der Waals surface area contributed by atoms with Crippen LogP contribution in [0.2, 0.25) is 10.0 Å². The van der Waals surface area contributed by atoms with E-state index in [0.29, 0.717) is 16.0 Å². The number of rotatable bonds is 5. The van der Waals surface area contributed by atoms with E-state index in [1.54, 1.807) is 24.6 Å². The second kappa shape index (κ2) is 7.72. The van der Waals surface area contributed by atoms with Crippen molar-refractivity contribution in [3.8, 4) is 0 Å². The van der Waals surface area contributed by atoms with Gasteiger partial charge in [0, 0.05) is 21.2 Å². The van der Waals surface area contributed by atoms with Crippen molar-refractivity contribution < 1.29 is 0 Å². The van der Waals surface area contributed by atoms with Crippen LogP contribution in [0.4, 0.5) is 5.95 Å². The number of aromatic nitrogens is 3. The van der Waals surface area contributed by atoms with Crippen LogP contribution in [-0.4, -0.2) is 27.3 Å². The molecule has 0 bridgehead atoms. The summed E-state index contributed by atoms with van der Waals surface area (Å²) < 4.78 is 1.45. The molecule has 0 aliphatic heterocycles. The third-order valence-electron chi connectivity index (χ3n) is 3.03. The fourth-order valence-electron chi connectivity index (χ4n) is 1.83. The standard InChI is InChI=1S/C16H12Cl2N6/c17-14-7-3-1-5-12(14)9-19-22-16-23-20-11-24(16)21-10-13-6-2-4-8-15(13)18/h1-11H,(H,22,23). The van der Waals surface area contributed by atoms with Crippen LogP contribution >= 0.6 is 23.2 Å². The summed E-state index contributed by atoms with van der Waals surface area (Å²) in [6.45, 7) is 0. The number of nitrogens with zero attached hydrogens (tertiary/aromatic N) is 5. The van der Waals surface area contributed by atoms with E-state index in [0.717, 1.165) is 11.1 Å². The lowest BCUT2D eigenvalue weighted by Gasteiger charge is -2.00. The fraction of sp³-hybridized carbons (Fsp3) is 0. The molecule has 3 aromatic rings. The molecule has 0 unspecified atom stereocenters. The number of hydrogen-bond donors (Lipinski definition) is 1. The minimum atomic E-state index is 0.363. The van der Waals surface area contributed by atoms with Gasteiger partial charge in [0.05, 0.1) is 12.4 Å². The predicted molar refractivity (Wildman–Crippen MR) is 97.1 cm³/mol. The maximum Gasteiger partial charge on any atom is 0.265 e. The molecule has 8 heteroatoms. The molecule has 1 heterocycles. The molecular weight excluding hydrogens is 347 g/mol. The Labute approximate surface area is 148 Å². The monoisotopic (exact) mass is 358 g/mol. The molecule has 120 valence electrons. The highest BCUT2D eigenvalue weighted by molar-refractivity contribution is 6.33. The molecule has 2 aromatic carbocycles. The Morgan fingerprint density at radius 1 is 0.917 bits per heavy atom. The molecule has 1 aromatic heterocycles. The molecule has 0 atom stereocenters. The number of nitrogens with one attached hydrogen (secondary N) is 1. The van der Waals surface area contributed by atoms with E-state index in [1.807, 2.05) is 36.4 Å². The summed E-state index contributed by atoms with van der Waals surface area (Å²) in [6.07, 6.45) is 4.68. The number of benzene rings is 2. The van der Waals surface area contributed by atoms with Gasteiger partial charge >= 0.3 is 0 Å². The van der Waals surface area contributed by atoms with Crippen LogP contribution in [0.25, 0.3) is 0 Å². The zero-order valence-electron chi connectivity index (χ0n) is 12.3. The SMILES string of the molecule is Clc1ccccc1C=NNc1nncn1N=Cc1ccccc1Cl. The lowest BCUT2D eigenvalue weighted by atomic mass is 10.2. The number of hydrogen-bond acceptors (Lipinski definition) is 5. The minimum Gasteiger partial charge on any atom is -0.244 e. The lowest BCUT2D eigenvalue weighted by molar-refractivity contribution is 0.879. The number of hydrazone groups is 1. The van der Waals surface area contributed by atoms with E-state index in [1.165, 1.54) is 11.0 Å². The van der Waals surface area contributed by atoms with Crippen LogP contribution in [0.3, 0.4) is 0 Å². The van der Waals surface area contributed by atoms with Gasteiger partial charge in [-0.15, -0.1) is 10.2 Å². The van der Waals surface area contributed by atoms with E-state index < -0.39 is 0 Å². The molecule has 0 saturated carbocycles. The van der Waals surface area contributed by atoms with Gasteiger partial charge in [0.1, 0.15) is 6.33 Å². The maximum atomic E-state index is 6.09. The van der Waals surface area contributed by atoms with Gasteiger partial charge in [-0.05, 0) is 12.1 Å². The van der Waals surface area contributed by atoms with Gasteiger partial charge in [0.25, 0.3) is 5.95 Å². The van der Waals surface area contributed by atoms with Gasteiger partial charge in [-0.3, -0.25) is 0 Å². The topological polar surface area (TPSA) is 67.5 Å². The van der Waals surface area contributed by atoms with Crippen molar-refractivity contribution in [3.63, 3.8) is 0 Å². The van der Waals surface area contributed by atoms with Crippen LogP contribution in [0, 0.1) is 0 Å². The van der Waals surface area contributed by atoms with Crippen molar-refractivity contribution >= 4 is 41.6 Å². The molecule has 6 nitrogen and oxygen atoms in total. The minimum absolute atomic E-state index is 0.363. The summed E-state index contributed by atoms with van der Waals surface area (Å²) in [5, 5.41) is 17.3. The molecule has 24 heavy (non-hydrogen) atoms. The number of halogens is 2. The summed E-state index contributed by atoms with van der Waals surface area (Å²) in [5.41, 5.74) is 4.35. The molecule has 0 aliphatic carbocycles. The van der Waals surface area contributed by atoms with Crippen LogP contribution < -0.4 is 5.43 Å². The van der Waals surface area contributed by atoms with Gasteiger partial charge in [0.2, 0.25) is 0 Å². The molecule has 0 saturated heterocycles. The Hall–Kier alpha value is -2.70. The van der Waals surface area contributed by atoms with Crippen LogP contribution in [-0.2, 0) is 0 Å². The molecule has 0 amide bonds. The average Bonchev–Trinajstić information content (AvgIpc) is 3.03. The maximum absolute atomic E-state index is 6.09. The zero-order chi connectivity index (χ0) is 16.8. The molecule has 0 spiro atoms. The van der Waals surface area contributed by atoms with E-state index in [2.05, 4.69) is 25.8 Å². The molecular formula is C16H12Cl2N6. The Balaban J connectivity index is 1.72. The lowest BCUT2D eigenvalue weighted by Crippen LogP contribution is -1.99. The first-order chi connectivity index (χ1) is 11.7. The van der Waals surface area contributed by atoms with Crippen LogP contribution in [0.1, 0.15) is 11.1 Å². The summed E-state index contributed by atoms with van der Waals surface area (Å²) >= 11 is 12.1. The first kappa shape index (κ1) is 16.2. The normalized spacial score (nSPS) is 11.4. The average molecular weight is 359 g/mol. The quantitative estimate of drug-likeness (QED) is 0.555. The first-order valence-corrected chi connectivity index (χ1v) is 7.72. The summed E-state index contributed by atoms with van der Waals surface area (Å²) in [6, 6.07) is 14.8. The summed E-state index contributed by atoms with van der Waals surface area (Å²) in [4.78, 5) is 0. The Kier molecular flexibility index (Phi) is 5.20. The van der Waals surface area contributed by atoms with Crippen LogP contribution in [0.15, 0.2) is 65.1 Å². The first-order valence-electron chi connectivity index (χ1n) is 6.96. The summed E-state index contributed by atoms with van der Waals surface area (Å²) in [5.74, 6) is 0.363. The summed E-state index contributed by atoms with van der Waals surface area (Å²) in [7, 11) is 0. The second-order valence-corrected chi connectivity index (χ2v) is 5.47. The van der Waals surface area contributed by atoms with Gasteiger partial charge in [-0.1, -0.05) is 59.6 Å². The van der Waals surface area contributed by atoms with Crippen molar-refractivity contribution in [3.05, 3.63) is 76.0 Å². The predicted octanol–water partition coefficient (Wildman–Crippen LogP) is 3.91. The van der Waals surface area contributed by atoms with Gasteiger partial charge in [-0.25, -0.2) is 5.43 Å².